The van der Waals surface area contributed by atoms with Crippen molar-refractivity contribution in [3.05, 3.63) is 35.9 Å². The summed E-state index contributed by atoms with van der Waals surface area (Å²) in [6, 6.07) is 10.1. The number of hydrogen-bond acceptors (Lipinski definition) is 1. The topological polar surface area (TPSA) is 9.23 Å². The second kappa shape index (κ2) is 4.31. The van der Waals surface area contributed by atoms with Gasteiger partial charge in [0, 0.05) is 6.26 Å². The molecule has 1 atom stereocenters. The Morgan fingerprint density at radius 3 is 2.55 bits per heavy atom. The summed E-state index contributed by atoms with van der Waals surface area (Å²) in [6.45, 7) is 0.671. The Kier molecular flexibility index (Phi) is 3.33. The maximum atomic E-state index is 5.34. The second-order valence-electron chi connectivity index (χ2n) is 2.32. The van der Waals surface area contributed by atoms with Gasteiger partial charge in [0.2, 0.25) is 0 Å². The van der Waals surface area contributed by atoms with Crippen molar-refractivity contribution < 1.29 is 4.18 Å². The van der Waals surface area contributed by atoms with Crippen molar-refractivity contribution in [2.24, 2.45) is 0 Å². The molecule has 0 aromatic heterocycles. The minimum atomic E-state index is -0.166. The molecule has 1 nitrogen and oxygen atoms in total. The fraction of sp³-hybridized carbons (Fsp3) is 0.222. The fourth-order valence-corrected chi connectivity index (χ4v) is 1.08. The normalized spacial score (nSPS) is 12.8. The van der Waals surface area contributed by atoms with Crippen molar-refractivity contribution in [2.45, 2.75) is 6.61 Å². The molecule has 1 unspecified atom stereocenters. The Balaban J connectivity index is 2.45. The predicted octanol–water partition coefficient (Wildman–Crippen LogP) is 2.45. The zero-order valence-corrected chi connectivity index (χ0v) is 7.43. The molecule has 1 rings (SSSR count). The van der Waals surface area contributed by atoms with E-state index in [4.69, 9.17) is 4.18 Å². The van der Waals surface area contributed by atoms with E-state index in [2.05, 4.69) is 5.87 Å². The van der Waals surface area contributed by atoms with Gasteiger partial charge in [0.25, 0.3) is 0 Å². The molecule has 60 valence electrons. The summed E-state index contributed by atoms with van der Waals surface area (Å²) in [5.74, 6) is 3.76. The van der Waals surface area contributed by atoms with Gasteiger partial charge < -0.3 is 4.18 Å². The van der Waals surface area contributed by atoms with Gasteiger partial charge in [-0.05, 0) is 5.56 Å². The first-order valence-electron chi connectivity index (χ1n) is 3.42. The summed E-state index contributed by atoms with van der Waals surface area (Å²) < 4.78 is 5.34. The van der Waals surface area contributed by atoms with E-state index >= 15 is 0 Å². The van der Waals surface area contributed by atoms with Crippen molar-refractivity contribution in [3.8, 4) is 0 Å². The first-order valence-corrected chi connectivity index (χ1v) is 5.14. The summed E-state index contributed by atoms with van der Waals surface area (Å²) in [5.41, 5.74) is 1.20. The third-order valence-electron chi connectivity index (χ3n) is 1.27. The molecule has 1 aromatic rings. The van der Waals surface area contributed by atoms with E-state index < -0.39 is 0 Å². The molecule has 0 fully saturated rings. The number of benzene rings is 1. The first kappa shape index (κ1) is 8.50. The third kappa shape index (κ3) is 3.35. The Hall–Kier alpha value is -0.600. The monoisotopic (exact) mass is 168 g/mol. The van der Waals surface area contributed by atoms with Crippen molar-refractivity contribution in [1.29, 1.82) is 0 Å². The molecule has 0 amide bonds. The molecule has 0 heterocycles. The van der Waals surface area contributed by atoms with Crippen molar-refractivity contribution >= 4 is 16.6 Å². The molecule has 0 aliphatic carbocycles. The lowest BCUT2D eigenvalue weighted by Gasteiger charge is -2.01. The van der Waals surface area contributed by atoms with Crippen molar-refractivity contribution in [1.82, 2.24) is 0 Å². The molecule has 0 saturated carbocycles. The van der Waals surface area contributed by atoms with Gasteiger partial charge in [0.05, 0.1) is 6.61 Å². The second-order valence-corrected chi connectivity index (χ2v) is 3.70. The molecule has 0 radical (unpaired) electrons. The SMILES string of the molecule is C=S(C)OCc1ccccc1. The van der Waals surface area contributed by atoms with Crippen LogP contribution in [0.4, 0.5) is 0 Å². The van der Waals surface area contributed by atoms with E-state index in [1.807, 2.05) is 36.6 Å². The summed E-state index contributed by atoms with van der Waals surface area (Å²) in [7, 11) is -0.166. The molecular formula is C9H12OS. The van der Waals surface area contributed by atoms with Crippen LogP contribution < -0.4 is 0 Å². The van der Waals surface area contributed by atoms with E-state index in [0.29, 0.717) is 6.61 Å². The first-order chi connectivity index (χ1) is 5.29. The molecule has 11 heavy (non-hydrogen) atoms. The average molecular weight is 168 g/mol. The lowest BCUT2D eigenvalue weighted by Crippen LogP contribution is -1.84. The average Bonchev–Trinajstić information content (AvgIpc) is 2.03. The highest BCUT2D eigenvalue weighted by molar-refractivity contribution is 8.09. The van der Waals surface area contributed by atoms with Crippen LogP contribution in [0.1, 0.15) is 5.56 Å². The fourth-order valence-electron chi connectivity index (χ4n) is 0.743. The molecule has 0 bridgehead atoms. The highest BCUT2D eigenvalue weighted by atomic mass is 32.2. The van der Waals surface area contributed by atoms with Crippen LogP contribution in [0.15, 0.2) is 30.3 Å². The molecular weight excluding hydrogens is 156 g/mol. The van der Waals surface area contributed by atoms with Crippen LogP contribution in [0.5, 0.6) is 0 Å². The van der Waals surface area contributed by atoms with Crippen LogP contribution in [0.25, 0.3) is 0 Å². The van der Waals surface area contributed by atoms with Crippen LogP contribution in [-0.2, 0) is 10.8 Å². The van der Waals surface area contributed by atoms with E-state index in [1.165, 1.54) is 5.56 Å². The van der Waals surface area contributed by atoms with Crippen LogP contribution in [-0.4, -0.2) is 12.1 Å². The van der Waals surface area contributed by atoms with Crippen LogP contribution in [0, 0.1) is 0 Å². The lowest BCUT2D eigenvalue weighted by atomic mass is 10.2. The highest BCUT2D eigenvalue weighted by Gasteiger charge is 1.89. The lowest BCUT2D eigenvalue weighted by molar-refractivity contribution is 0.364. The maximum absolute atomic E-state index is 5.34. The van der Waals surface area contributed by atoms with E-state index in [1.54, 1.807) is 0 Å². The molecule has 0 aliphatic heterocycles. The molecule has 0 saturated heterocycles. The predicted molar refractivity (Wildman–Crippen MR) is 51.9 cm³/mol. The third-order valence-corrected chi connectivity index (χ3v) is 1.79. The standard InChI is InChI=1S/C9H12OS/c1-11(2)10-8-9-6-4-3-5-7-9/h3-7H,1,8H2,2H3. The molecule has 0 N–H and O–H groups in total. The van der Waals surface area contributed by atoms with Crippen LogP contribution in [0.3, 0.4) is 0 Å². The Morgan fingerprint density at radius 1 is 1.36 bits per heavy atom. The van der Waals surface area contributed by atoms with Crippen molar-refractivity contribution in [3.63, 3.8) is 0 Å². The Bertz CT molecular complexity index is 231. The summed E-state index contributed by atoms with van der Waals surface area (Å²) in [5, 5.41) is 0. The van der Waals surface area contributed by atoms with Gasteiger partial charge in [0.15, 0.2) is 0 Å². The Labute approximate surface area is 70.1 Å². The minimum absolute atomic E-state index is 0.166. The van der Waals surface area contributed by atoms with Crippen LogP contribution >= 0.6 is 10.8 Å². The van der Waals surface area contributed by atoms with Gasteiger partial charge in [0.1, 0.15) is 0 Å². The Morgan fingerprint density at radius 2 is 2.00 bits per heavy atom. The molecule has 2 heteroatoms. The van der Waals surface area contributed by atoms with Crippen LogP contribution in [0.2, 0.25) is 0 Å². The summed E-state index contributed by atoms with van der Waals surface area (Å²) in [4.78, 5) is 0. The van der Waals surface area contributed by atoms with Gasteiger partial charge in [-0.25, -0.2) is 0 Å². The number of hydrogen-bond donors (Lipinski definition) is 0. The highest BCUT2D eigenvalue weighted by Crippen LogP contribution is 2.09. The van der Waals surface area contributed by atoms with Crippen molar-refractivity contribution in [2.75, 3.05) is 6.26 Å². The number of rotatable bonds is 3. The summed E-state index contributed by atoms with van der Waals surface area (Å²) in [6.07, 6.45) is 1.96. The molecule has 0 spiro atoms. The minimum Gasteiger partial charge on any atom is -0.319 e. The van der Waals surface area contributed by atoms with E-state index in [0.717, 1.165) is 0 Å². The maximum Gasteiger partial charge on any atom is 0.0857 e. The van der Waals surface area contributed by atoms with Gasteiger partial charge in [-0.2, -0.15) is 0 Å². The largest absolute Gasteiger partial charge is 0.319 e. The van der Waals surface area contributed by atoms with E-state index in [9.17, 15) is 0 Å². The zero-order chi connectivity index (χ0) is 8.10. The smallest absolute Gasteiger partial charge is 0.0857 e. The van der Waals surface area contributed by atoms with Gasteiger partial charge in [-0.1, -0.05) is 47.0 Å². The van der Waals surface area contributed by atoms with Gasteiger partial charge in [-0.15, -0.1) is 0 Å². The van der Waals surface area contributed by atoms with E-state index in [-0.39, 0.29) is 10.8 Å². The molecule has 0 aliphatic rings. The van der Waals surface area contributed by atoms with Gasteiger partial charge in [-0.3, -0.25) is 0 Å². The quantitative estimate of drug-likeness (QED) is 0.630. The van der Waals surface area contributed by atoms with Gasteiger partial charge >= 0.3 is 0 Å². The zero-order valence-electron chi connectivity index (χ0n) is 6.62. The summed E-state index contributed by atoms with van der Waals surface area (Å²) >= 11 is 0. The molecule has 1 aromatic carbocycles.